The molecule has 0 aliphatic heterocycles. The Kier molecular flexibility index (Phi) is 5.55. The molecule has 2 aromatic rings. The Morgan fingerprint density at radius 2 is 1.83 bits per heavy atom. The van der Waals surface area contributed by atoms with Gasteiger partial charge >= 0.3 is 0 Å². The van der Waals surface area contributed by atoms with E-state index in [1.807, 2.05) is 0 Å². The van der Waals surface area contributed by atoms with Gasteiger partial charge in [-0.1, -0.05) is 5.21 Å². The van der Waals surface area contributed by atoms with Gasteiger partial charge in [0, 0.05) is 29.4 Å². The van der Waals surface area contributed by atoms with Crippen molar-refractivity contribution in [3.8, 4) is 11.3 Å². The molecule has 30 heavy (non-hydrogen) atoms. The predicted octanol–water partition coefficient (Wildman–Crippen LogP) is -1.61. The van der Waals surface area contributed by atoms with Crippen molar-refractivity contribution in [2.24, 2.45) is 5.92 Å². The van der Waals surface area contributed by atoms with E-state index in [9.17, 15) is 5.11 Å². The average Bonchev–Trinajstić information content (AvgIpc) is 3.14. The van der Waals surface area contributed by atoms with Crippen LogP contribution in [0.3, 0.4) is 0 Å². The van der Waals surface area contributed by atoms with Gasteiger partial charge in [0.2, 0.25) is 0 Å². The fourth-order valence-corrected chi connectivity index (χ4v) is 3.63. The minimum absolute atomic E-state index is 0.0872. The van der Waals surface area contributed by atoms with E-state index in [4.69, 9.17) is 65.4 Å². The van der Waals surface area contributed by atoms with Gasteiger partial charge in [-0.05, 0) is 12.0 Å². The van der Waals surface area contributed by atoms with Gasteiger partial charge in [-0.3, -0.25) is 4.68 Å². The summed E-state index contributed by atoms with van der Waals surface area (Å²) in [7, 11) is 43.7. The van der Waals surface area contributed by atoms with Crippen LogP contribution in [0.2, 0.25) is 15.6 Å². The van der Waals surface area contributed by atoms with Gasteiger partial charge in [-0.15, -0.1) is 10.4 Å². The third-order valence-electron chi connectivity index (χ3n) is 5.73. The lowest BCUT2D eigenvalue weighted by Crippen LogP contribution is -2.49. The molecule has 14 radical (unpaired) electrons. The molecule has 0 bridgehead atoms. The lowest BCUT2D eigenvalue weighted by atomic mass is 9.20. The summed E-state index contributed by atoms with van der Waals surface area (Å²) in [4.78, 5) is 8.23. The number of aromatic nitrogens is 4. The monoisotopic (exact) mass is 385 g/mol. The third-order valence-corrected chi connectivity index (χ3v) is 5.73. The molecule has 1 aliphatic carbocycles. The molecule has 7 nitrogen and oxygen atoms in total. The number of aliphatic hydroxyl groups is 1. The maximum absolute atomic E-state index is 10.8. The first-order valence-electron chi connectivity index (χ1n) is 8.86. The van der Waals surface area contributed by atoms with Gasteiger partial charge in [0.05, 0.1) is 72.3 Å². The summed E-state index contributed by atoms with van der Waals surface area (Å²) in [6, 6.07) is 0. The highest BCUT2D eigenvalue weighted by Crippen LogP contribution is 2.73. The molecule has 0 amide bonds. The molecule has 1 saturated carbocycles. The summed E-state index contributed by atoms with van der Waals surface area (Å²) >= 11 is 0. The van der Waals surface area contributed by atoms with Gasteiger partial charge in [0.25, 0.3) is 0 Å². The molecule has 2 atom stereocenters. The largest absolute Gasteiger partial charge is 0.504 e. The zero-order valence-electron chi connectivity index (χ0n) is 16.4. The van der Waals surface area contributed by atoms with Gasteiger partial charge in [-0.25, -0.2) is 9.97 Å². The first-order chi connectivity index (χ1) is 13.8. The van der Waals surface area contributed by atoms with Crippen molar-refractivity contribution in [2.45, 2.75) is 27.7 Å². The summed E-state index contributed by atoms with van der Waals surface area (Å²) in [6.07, 6.45) is 7.54. The van der Waals surface area contributed by atoms with E-state index in [-0.39, 0.29) is 12.4 Å². The molecule has 1 aliphatic rings. The van der Waals surface area contributed by atoms with Crippen LogP contribution >= 0.6 is 0 Å². The number of rotatable bonds is 5. The lowest BCUT2D eigenvalue weighted by molar-refractivity contribution is 0.0640. The number of ether oxygens (including phenoxy) is 1. The van der Waals surface area contributed by atoms with Crippen LogP contribution in [0.5, 0.6) is 0 Å². The Bertz CT molecular complexity index is 951. The van der Waals surface area contributed by atoms with Crippen LogP contribution in [0.4, 0.5) is 5.82 Å². The van der Waals surface area contributed by atoms with Crippen LogP contribution < -0.4 is 5.73 Å². The second-order valence-electron chi connectivity index (χ2n) is 7.56. The van der Waals surface area contributed by atoms with Crippen molar-refractivity contribution in [1.29, 1.82) is 0 Å². The lowest BCUT2D eigenvalue weighted by Gasteiger charge is -2.50. The molecule has 2 aromatic heterocycles. The summed E-state index contributed by atoms with van der Waals surface area (Å²) in [5.41, 5.74) is 5.28. The molecular weight excluding hydrogens is 370 g/mol. The fraction of sp³-hybridized carbons (Fsp3) is 0.438. The summed E-state index contributed by atoms with van der Waals surface area (Å²) < 4.78 is 6.38. The first kappa shape index (κ1) is 22.7. The molecule has 0 aromatic carbocycles. The van der Waals surface area contributed by atoms with E-state index in [2.05, 4.69) is 15.1 Å². The first-order valence-corrected chi connectivity index (χ1v) is 8.86. The molecule has 2 heterocycles. The number of hydrogen-bond acceptors (Lipinski definition) is 6. The van der Waals surface area contributed by atoms with Gasteiger partial charge in [0.15, 0.2) is 0 Å². The molecule has 3 rings (SSSR count). The van der Waals surface area contributed by atoms with E-state index in [1.165, 1.54) is 30.6 Å². The van der Waals surface area contributed by atoms with Crippen molar-refractivity contribution in [3.63, 3.8) is 0 Å². The highest BCUT2D eigenvalue weighted by Gasteiger charge is 2.65. The van der Waals surface area contributed by atoms with Crippen molar-refractivity contribution < 1.29 is 9.84 Å². The second-order valence-corrected chi connectivity index (χ2v) is 7.56. The number of nitrogen functional groups attached to an aromatic ring is 1. The maximum Gasteiger partial charge on any atom is 0.134 e. The molecule has 1 fully saturated rings. The average molecular weight is 384 g/mol. The zero-order chi connectivity index (χ0) is 22.5. The molecule has 3 N–H and O–H groups in total. The van der Waals surface area contributed by atoms with Crippen molar-refractivity contribution in [2.75, 3.05) is 12.8 Å². The topological polar surface area (TPSA) is 99.1 Å². The van der Waals surface area contributed by atoms with Crippen LogP contribution in [-0.4, -0.2) is 92.4 Å². The van der Waals surface area contributed by atoms with E-state index >= 15 is 0 Å². The van der Waals surface area contributed by atoms with Crippen molar-refractivity contribution in [3.05, 3.63) is 30.5 Å². The number of nitrogens with two attached hydrogens (primary N) is 1. The highest BCUT2D eigenvalue weighted by molar-refractivity contribution is 6.64. The quantitative estimate of drug-likeness (QED) is 0.476. The van der Waals surface area contributed by atoms with Crippen LogP contribution in [0.25, 0.3) is 17.3 Å². The van der Waals surface area contributed by atoms with E-state index < -0.39 is 27.1 Å². The minimum Gasteiger partial charge on any atom is -0.504 e. The number of nitrogens with zero attached hydrogens (tertiary/aromatic N) is 4. The fourth-order valence-electron chi connectivity index (χ4n) is 3.63. The van der Waals surface area contributed by atoms with Crippen molar-refractivity contribution in [1.82, 2.24) is 19.7 Å². The second kappa shape index (κ2) is 7.32. The van der Waals surface area contributed by atoms with Crippen LogP contribution in [-0.2, 0) is 11.3 Å². The summed E-state index contributed by atoms with van der Waals surface area (Å²) in [6.45, 7) is -0.0872. The summed E-state index contributed by atoms with van der Waals surface area (Å²) in [5.74, 6) is -0.894. The summed E-state index contributed by atoms with van der Waals surface area (Å²) in [5, 5.41) is 8.90. The van der Waals surface area contributed by atoms with Gasteiger partial charge in [0.1, 0.15) is 20.0 Å². The maximum atomic E-state index is 10.8. The number of hydrogen-bond donors (Lipinski definition) is 2. The SMILES string of the molecule is [B]C1([B])C(Cn2cc(-c3ncnc(N)c3/C=C/OC)cn2)C([B])(O)C([B])([B])C1([B])[B]. The minimum atomic E-state index is -2.29. The molecule has 14 heteroatoms. The van der Waals surface area contributed by atoms with E-state index in [0.717, 1.165) is 0 Å². The number of methoxy groups -OCH3 is 1. The van der Waals surface area contributed by atoms with Crippen molar-refractivity contribution >= 4 is 66.8 Å². The van der Waals surface area contributed by atoms with E-state index in [1.54, 1.807) is 12.3 Å². The van der Waals surface area contributed by atoms with Crippen LogP contribution in [0.15, 0.2) is 25.0 Å². The van der Waals surface area contributed by atoms with Gasteiger partial charge in [-0.2, -0.15) is 5.10 Å². The standard InChI is InChI=1S/C16H14B7N5O2/c1-30-3-2-9-11(25-7-26-12(9)24)8-4-27-28(5-8)6-10-13(17,18)15(20,21)16(22,23)14(10,19)29/h2-5,7,10,29H,6H2,1H3,(H2,24,25,26)/b3-2+. The Morgan fingerprint density at radius 3 is 2.40 bits per heavy atom. The Labute approximate surface area is 184 Å². The van der Waals surface area contributed by atoms with Crippen LogP contribution in [0, 0.1) is 5.92 Å². The molecular formula is C16H14B7N5O2. The normalized spacial score (nSPS) is 26.7. The smallest absolute Gasteiger partial charge is 0.134 e. The molecule has 2 unspecified atom stereocenters. The predicted molar refractivity (Wildman–Crippen MR) is 121 cm³/mol. The van der Waals surface area contributed by atoms with E-state index in [0.29, 0.717) is 16.8 Å². The Morgan fingerprint density at radius 1 is 1.17 bits per heavy atom. The Hall–Kier alpha value is -1.96. The zero-order valence-corrected chi connectivity index (χ0v) is 16.4. The number of anilines is 1. The Balaban J connectivity index is 1.98. The van der Waals surface area contributed by atoms with Crippen LogP contribution in [0.1, 0.15) is 5.56 Å². The third kappa shape index (κ3) is 3.15. The molecule has 0 spiro atoms. The van der Waals surface area contributed by atoms with Gasteiger partial charge < -0.3 is 15.6 Å². The highest BCUT2D eigenvalue weighted by atomic mass is 16.5. The molecule has 0 saturated heterocycles. The molecule has 136 valence electrons.